The summed E-state index contributed by atoms with van der Waals surface area (Å²) in [4.78, 5) is 24.9. The lowest BCUT2D eigenvalue weighted by atomic mass is 9.90. The summed E-state index contributed by atoms with van der Waals surface area (Å²) in [6, 6.07) is -0.306. The summed E-state index contributed by atoms with van der Waals surface area (Å²) in [6.45, 7) is 5.22. The lowest BCUT2D eigenvalue weighted by Gasteiger charge is -2.21. The molecule has 8 heteroatoms. The second-order valence-corrected chi connectivity index (χ2v) is 9.50. The van der Waals surface area contributed by atoms with Crippen LogP contribution >= 0.6 is 0 Å². The van der Waals surface area contributed by atoms with Crippen molar-refractivity contribution in [2.75, 3.05) is 26.2 Å². The predicted octanol–water partition coefficient (Wildman–Crippen LogP) is 3.45. The molecule has 0 radical (unpaired) electrons. The molecule has 1 aromatic heterocycles. The fourth-order valence-corrected chi connectivity index (χ4v) is 4.55. The molecule has 0 spiro atoms. The van der Waals surface area contributed by atoms with Gasteiger partial charge in [0.25, 0.3) is 0 Å². The number of nitrogens with zero attached hydrogens (tertiary/aromatic N) is 3. The van der Waals surface area contributed by atoms with Crippen LogP contribution in [0.4, 0.5) is 0 Å². The molecule has 8 nitrogen and oxygen atoms in total. The van der Waals surface area contributed by atoms with Crippen LogP contribution in [-0.4, -0.2) is 52.9 Å². The van der Waals surface area contributed by atoms with Crippen LogP contribution in [0.15, 0.2) is 6.20 Å². The van der Waals surface area contributed by atoms with E-state index in [9.17, 15) is 9.59 Å². The minimum Gasteiger partial charge on any atom is -0.354 e. The van der Waals surface area contributed by atoms with Crippen LogP contribution in [-0.2, 0) is 9.59 Å². The molecule has 1 aliphatic rings. The molecular weight excluding hydrogens is 416 g/mol. The molecule has 1 aliphatic heterocycles. The fraction of sp³-hybridized carbons (Fsp3) is 0.840. The van der Waals surface area contributed by atoms with E-state index in [1.54, 1.807) is 4.68 Å². The minimum atomic E-state index is -0.306. The Morgan fingerprint density at radius 3 is 2.36 bits per heavy atom. The Morgan fingerprint density at radius 2 is 1.73 bits per heavy atom. The maximum atomic E-state index is 12.7. The number of aryl methyl sites for hydroxylation is 1. The van der Waals surface area contributed by atoms with Gasteiger partial charge in [-0.25, -0.2) is 4.68 Å². The number of amides is 1. The normalized spacial score (nSPS) is 15.5. The maximum Gasteiger partial charge on any atom is 0.244 e. The number of carbonyl (C=O) groups is 2. The monoisotopic (exact) mass is 462 g/mol. The zero-order valence-corrected chi connectivity index (χ0v) is 20.7. The lowest BCUT2D eigenvalue weighted by molar-refractivity contribution is -0.125. The molecule has 33 heavy (non-hydrogen) atoms. The quantitative estimate of drug-likeness (QED) is 0.288. The zero-order valence-electron chi connectivity index (χ0n) is 20.7. The Hall–Kier alpha value is -1.80. The number of piperidine rings is 1. The molecule has 0 aliphatic carbocycles. The molecule has 1 aromatic rings. The van der Waals surface area contributed by atoms with Crippen molar-refractivity contribution in [3.05, 3.63) is 11.9 Å². The van der Waals surface area contributed by atoms with E-state index in [2.05, 4.69) is 20.9 Å². The Kier molecular flexibility index (Phi) is 13.9. The Bertz CT molecular complexity index is 672. The van der Waals surface area contributed by atoms with E-state index in [1.165, 1.54) is 32.1 Å². The highest BCUT2D eigenvalue weighted by molar-refractivity contribution is 5.81. The maximum absolute atomic E-state index is 12.7. The number of hydrogen-bond acceptors (Lipinski definition) is 6. The molecule has 0 saturated carbocycles. The van der Waals surface area contributed by atoms with Gasteiger partial charge in [0.15, 0.2) is 0 Å². The van der Waals surface area contributed by atoms with Gasteiger partial charge in [-0.05, 0) is 71.5 Å². The van der Waals surface area contributed by atoms with Gasteiger partial charge >= 0.3 is 0 Å². The lowest BCUT2D eigenvalue weighted by Crippen LogP contribution is -2.33. The van der Waals surface area contributed by atoms with Crippen LogP contribution in [0.1, 0.15) is 102 Å². The van der Waals surface area contributed by atoms with Crippen molar-refractivity contribution >= 4 is 11.7 Å². The van der Waals surface area contributed by atoms with Crippen molar-refractivity contribution in [2.45, 2.75) is 103 Å². The minimum absolute atomic E-state index is 0.0240. The van der Waals surface area contributed by atoms with E-state index >= 15 is 0 Å². The summed E-state index contributed by atoms with van der Waals surface area (Å²) in [5.74, 6) is 0.823. The van der Waals surface area contributed by atoms with Crippen molar-refractivity contribution in [1.82, 2.24) is 25.6 Å². The number of Topliss-reactive ketones (excluding diaryl/α,β-unsaturated/α-hetero) is 1. The fourth-order valence-electron chi connectivity index (χ4n) is 4.55. The summed E-state index contributed by atoms with van der Waals surface area (Å²) in [6.07, 6.45) is 16.4. The van der Waals surface area contributed by atoms with Gasteiger partial charge in [0.2, 0.25) is 5.91 Å². The first-order chi connectivity index (χ1) is 16.1. The number of nitrogens with one attached hydrogen (secondary N) is 2. The molecule has 1 fully saturated rings. The van der Waals surface area contributed by atoms with Crippen LogP contribution in [0.3, 0.4) is 0 Å². The second kappa shape index (κ2) is 16.8. The van der Waals surface area contributed by atoms with Gasteiger partial charge in [-0.3, -0.25) is 9.59 Å². The number of carbonyl (C=O) groups excluding carboxylic acids is 2. The predicted molar refractivity (Wildman–Crippen MR) is 132 cm³/mol. The smallest absolute Gasteiger partial charge is 0.244 e. The third kappa shape index (κ3) is 11.3. The molecule has 188 valence electrons. The van der Waals surface area contributed by atoms with Crippen LogP contribution in [0, 0.1) is 12.8 Å². The number of nitrogens with two attached hydrogens (primary N) is 1. The molecule has 1 amide bonds. The molecule has 1 saturated heterocycles. The second-order valence-electron chi connectivity index (χ2n) is 9.50. The van der Waals surface area contributed by atoms with Crippen LogP contribution in [0.2, 0.25) is 0 Å². The number of unbranched alkanes of at least 4 members (excludes halogenated alkanes) is 8. The summed E-state index contributed by atoms with van der Waals surface area (Å²) < 4.78 is 1.68. The molecule has 0 unspecified atom stereocenters. The third-order valence-corrected chi connectivity index (χ3v) is 6.62. The molecule has 4 N–H and O–H groups in total. The largest absolute Gasteiger partial charge is 0.354 e. The van der Waals surface area contributed by atoms with Crippen molar-refractivity contribution < 1.29 is 9.59 Å². The first kappa shape index (κ1) is 27.4. The Labute approximate surface area is 199 Å². The van der Waals surface area contributed by atoms with Gasteiger partial charge in [0.05, 0.1) is 5.69 Å². The number of rotatable bonds is 18. The highest BCUT2D eigenvalue weighted by Gasteiger charge is 2.21. The zero-order chi connectivity index (χ0) is 23.7. The van der Waals surface area contributed by atoms with Gasteiger partial charge in [0, 0.05) is 25.1 Å². The van der Waals surface area contributed by atoms with Gasteiger partial charge in [0.1, 0.15) is 11.8 Å². The Morgan fingerprint density at radius 1 is 1.06 bits per heavy atom. The summed E-state index contributed by atoms with van der Waals surface area (Å²) in [5.41, 5.74) is 6.41. The average Bonchev–Trinajstić information content (AvgIpc) is 3.26. The Balaban J connectivity index is 1.47. The van der Waals surface area contributed by atoms with Gasteiger partial charge in [-0.15, -0.1) is 5.10 Å². The average molecular weight is 463 g/mol. The standard InChI is InChI=1S/C25H46N6O2/c1-21-20-31(30-29-21)23(12-9-10-16-26)25(33)28-17-11-7-5-3-2-4-6-8-13-24(32)22-14-18-27-19-15-22/h20,22-23,27H,2-19,26H2,1H3,(H,28,33)/t23-/m0/s1. The summed E-state index contributed by atoms with van der Waals surface area (Å²) in [5, 5.41) is 14.5. The first-order valence-corrected chi connectivity index (χ1v) is 13.2. The summed E-state index contributed by atoms with van der Waals surface area (Å²) >= 11 is 0. The number of aromatic nitrogens is 3. The summed E-state index contributed by atoms with van der Waals surface area (Å²) in [7, 11) is 0. The van der Waals surface area contributed by atoms with Gasteiger partial charge < -0.3 is 16.4 Å². The van der Waals surface area contributed by atoms with Crippen molar-refractivity contribution in [1.29, 1.82) is 0 Å². The third-order valence-electron chi connectivity index (χ3n) is 6.62. The van der Waals surface area contributed by atoms with Crippen molar-refractivity contribution in [2.24, 2.45) is 11.7 Å². The molecule has 0 aromatic carbocycles. The van der Waals surface area contributed by atoms with E-state index < -0.39 is 0 Å². The van der Waals surface area contributed by atoms with Crippen molar-refractivity contribution in [3.63, 3.8) is 0 Å². The van der Waals surface area contributed by atoms with Crippen molar-refractivity contribution in [3.8, 4) is 0 Å². The highest BCUT2D eigenvalue weighted by Crippen LogP contribution is 2.18. The van der Waals surface area contributed by atoms with E-state index in [1.807, 2.05) is 13.1 Å². The van der Waals surface area contributed by atoms with Gasteiger partial charge in [-0.1, -0.05) is 43.7 Å². The molecule has 1 atom stereocenters. The van der Waals surface area contributed by atoms with E-state index in [0.29, 0.717) is 24.8 Å². The van der Waals surface area contributed by atoms with E-state index in [4.69, 9.17) is 5.73 Å². The highest BCUT2D eigenvalue weighted by atomic mass is 16.2. The number of hydrogen-bond donors (Lipinski definition) is 3. The molecule has 0 bridgehead atoms. The van der Waals surface area contributed by atoms with E-state index in [0.717, 1.165) is 76.6 Å². The van der Waals surface area contributed by atoms with Gasteiger partial charge in [-0.2, -0.15) is 0 Å². The van der Waals surface area contributed by atoms with Crippen LogP contribution in [0.5, 0.6) is 0 Å². The van der Waals surface area contributed by atoms with E-state index in [-0.39, 0.29) is 11.9 Å². The van der Waals surface area contributed by atoms with Crippen LogP contribution in [0.25, 0.3) is 0 Å². The molecule has 2 heterocycles. The first-order valence-electron chi connectivity index (χ1n) is 13.2. The molecular formula is C25H46N6O2. The SMILES string of the molecule is Cc1cn([C@@H](CCCCN)C(=O)NCCCCCCCCCCC(=O)C2CCNCC2)nn1. The topological polar surface area (TPSA) is 115 Å². The number of ketones is 1. The van der Waals surface area contributed by atoms with Crippen LogP contribution < -0.4 is 16.4 Å². The molecule has 2 rings (SSSR count).